The molecule has 4 heteroatoms. The number of hydrogen-bond acceptors (Lipinski definition) is 1. The van der Waals surface area contributed by atoms with Crippen LogP contribution in [0.15, 0.2) is 40.9 Å². The molecule has 3 rings (SSSR count). The second kappa shape index (κ2) is 5.23. The molecule has 0 aliphatic heterocycles. The van der Waals surface area contributed by atoms with E-state index in [0.29, 0.717) is 5.88 Å². The first-order valence-corrected chi connectivity index (χ1v) is 7.73. The van der Waals surface area contributed by atoms with E-state index in [2.05, 4.69) is 75.7 Å². The predicted octanol–water partition coefficient (Wildman–Crippen LogP) is 5.14. The Morgan fingerprint density at radius 2 is 1.90 bits per heavy atom. The maximum absolute atomic E-state index is 6.08. The van der Waals surface area contributed by atoms with Crippen molar-refractivity contribution >= 4 is 38.6 Å². The number of nitrogens with zero attached hydrogens (tertiary/aromatic N) is 2. The predicted molar refractivity (Wildman–Crippen MR) is 87.8 cm³/mol. The number of rotatable bonds is 2. The normalized spacial score (nSPS) is 11.2. The van der Waals surface area contributed by atoms with Gasteiger partial charge in [0.25, 0.3) is 0 Å². The third kappa shape index (κ3) is 2.36. The second-order valence-electron chi connectivity index (χ2n) is 4.98. The van der Waals surface area contributed by atoms with Gasteiger partial charge in [-0.2, -0.15) is 0 Å². The first kappa shape index (κ1) is 13.7. The van der Waals surface area contributed by atoms with Crippen LogP contribution in [-0.4, -0.2) is 9.55 Å². The van der Waals surface area contributed by atoms with E-state index in [1.165, 1.54) is 11.1 Å². The van der Waals surface area contributed by atoms with Crippen LogP contribution >= 0.6 is 27.5 Å². The fourth-order valence-corrected chi connectivity index (χ4v) is 3.24. The average Bonchev–Trinajstić information content (AvgIpc) is 2.74. The summed E-state index contributed by atoms with van der Waals surface area (Å²) >= 11 is 9.63. The fourth-order valence-electron chi connectivity index (χ4n) is 2.46. The van der Waals surface area contributed by atoms with Crippen molar-refractivity contribution in [1.82, 2.24) is 9.55 Å². The van der Waals surface area contributed by atoms with Crippen molar-refractivity contribution in [3.8, 4) is 5.69 Å². The molecule has 0 fully saturated rings. The van der Waals surface area contributed by atoms with Gasteiger partial charge < -0.3 is 0 Å². The lowest BCUT2D eigenvalue weighted by molar-refractivity contribution is 0.979. The molecule has 0 saturated heterocycles. The summed E-state index contributed by atoms with van der Waals surface area (Å²) in [5, 5.41) is 0. The van der Waals surface area contributed by atoms with Crippen LogP contribution in [0.1, 0.15) is 17.0 Å². The number of hydrogen-bond donors (Lipinski definition) is 0. The van der Waals surface area contributed by atoms with Crippen molar-refractivity contribution in [2.75, 3.05) is 0 Å². The summed E-state index contributed by atoms with van der Waals surface area (Å²) < 4.78 is 3.18. The minimum atomic E-state index is 0.388. The van der Waals surface area contributed by atoms with Crippen molar-refractivity contribution in [2.45, 2.75) is 19.7 Å². The number of fused-ring (bicyclic) bond motifs is 1. The largest absolute Gasteiger partial charge is 0.295 e. The summed E-state index contributed by atoms with van der Waals surface area (Å²) in [4.78, 5) is 4.64. The summed E-state index contributed by atoms with van der Waals surface area (Å²) in [5.41, 5.74) is 5.55. The summed E-state index contributed by atoms with van der Waals surface area (Å²) in [6.07, 6.45) is 0. The summed E-state index contributed by atoms with van der Waals surface area (Å²) in [6, 6.07) is 12.6. The molecule has 0 amide bonds. The SMILES string of the molecule is Cc1cc(Br)cc(-n2c(CCl)nc3cc(C)ccc32)c1. The van der Waals surface area contributed by atoms with Crippen LogP contribution in [0.4, 0.5) is 0 Å². The van der Waals surface area contributed by atoms with E-state index in [4.69, 9.17) is 11.6 Å². The van der Waals surface area contributed by atoms with E-state index in [1.54, 1.807) is 0 Å². The minimum absolute atomic E-state index is 0.388. The molecule has 0 aliphatic carbocycles. The molecule has 3 aromatic rings. The molecule has 0 atom stereocenters. The lowest BCUT2D eigenvalue weighted by atomic mass is 10.2. The third-order valence-electron chi connectivity index (χ3n) is 3.28. The van der Waals surface area contributed by atoms with Gasteiger partial charge in [-0.15, -0.1) is 11.6 Å². The maximum Gasteiger partial charge on any atom is 0.129 e. The van der Waals surface area contributed by atoms with E-state index in [1.807, 2.05) is 0 Å². The molecule has 0 bridgehead atoms. The molecule has 20 heavy (non-hydrogen) atoms. The molecule has 0 spiro atoms. The number of imidazole rings is 1. The molecular formula is C16H14BrClN2. The fraction of sp³-hybridized carbons (Fsp3) is 0.188. The quantitative estimate of drug-likeness (QED) is 0.585. The zero-order valence-electron chi connectivity index (χ0n) is 11.3. The van der Waals surface area contributed by atoms with E-state index in [-0.39, 0.29) is 0 Å². The van der Waals surface area contributed by atoms with Gasteiger partial charge in [0.15, 0.2) is 0 Å². The molecule has 0 unspecified atom stereocenters. The van der Waals surface area contributed by atoms with Gasteiger partial charge in [0.2, 0.25) is 0 Å². The van der Waals surface area contributed by atoms with Crippen molar-refractivity contribution < 1.29 is 0 Å². The van der Waals surface area contributed by atoms with Gasteiger partial charge >= 0.3 is 0 Å². The molecule has 0 saturated carbocycles. The summed E-state index contributed by atoms with van der Waals surface area (Å²) in [7, 11) is 0. The minimum Gasteiger partial charge on any atom is -0.295 e. The summed E-state index contributed by atoms with van der Waals surface area (Å²) in [5.74, 6) is 1.25. The Morgan fingerprint density at radius 1 is 1.10 bits per heavy atom. The monoisotopic (exact) mass is 348 g/mol. The highest BCUT2D eigenvalue weighted by Crippen LogP contribution is 2.26. The van der Waals surface area contributed by atoms with Crippen LogP contribution in [0.2, 0.25) is 0 Å². The van der Waals surface area contributed by atoms with Gasteiger partial charge in [0.05, 0.1) is 16.9 Å². The Balaban J connectivity index is 2.33. The van der Waals surface area contributed by atoms with E-state index in [9.17, 15) is 0 Å². The van der Waals surface area contributed by atoms with E-state index in [0.717, 1.165) is 27.0 Å². The lowest BCUT2D eigenvalue weighted by Crippen LogP contribution is -1.99. The third-order valence-corrected chi connectivity index (χ3v) is 3.98. The highest BCUT2D eigenvalue weighted by atomic mass is 79.9. The van der Waals surface area contributed by atoms with Crippen LogP contribution < -0.4 is 0 Å². The Kier molecular flexibility index (Phi) is 3.57. The van der Waals surface area contributed by atoms with Gasteiger partial charge in [-0.05, 0) is 55.3 Å². The highest BCUT2D eigenvalue weighted by molar-refractivity contribution is 9.10. The van der Waals surface area contributed by atoms with Crippen LogP contribution in [0.25, 0.3) is 16.7 Å². The molecular weight excluding hydrogens is 336 g/mol. The molecule has 0 aliphatic rings. The van der Waals surface area contributed by atoms with Crippen molar-refractivity contribution in [3.05, 3.63) is 57.8 Å². The smallest absolute Gasteiger partial charge is 0.129 e. The Bertz CT molecular complexity index is 772. The second-order valence-corrected chi connectivity index (χ2v) is 6.16. The van der Waals surface area contributed by atoms with Gasteiger partial charge in [0, 0.05) is 10.2 Å². The molecule has 1 heterocycles. The molecule has 102 valence electrons. The van der Waals surface area contributed by atoms with E-state index >= 15 is 0 Å². The topological polar surface area (TPSA) is 17.8 Å². The Morgan fingerprint density at radius 3 is 2.60 bits per heavy atom. The van der Waals surface area contributed by atoms with Gasteiger partial charge in [-0.25, -0.2) is 4.98 Å². The van der Waals surface area contributed by atoms with Crippen LogP contribution in [0.3, 0.4) is 0 Å². The molecule has 0 radical (unpaired) electrons. The Hall–Kier alpha value is -1.32. The molecule has 2 aromatic carbocycles. The molecule has 2 nitrogen and oxygen atoms in total. The number of aromatic nitrogens is 2. The maximum atomic E-state index is 6.08. The first-order chi connectivity index (χ1) is 9.58. The van der Waals surface area contributed by atoms with Gasteiger partial charge in [0.1, 0.15) is 5.82 Å². The lowest BCUT2D eigenvalue weighted by Gasteiger charge is -2.09. The number of benzene rings is 2. The first-order valence-electron chi connectivity index (χ1n) is 6.40. The zero-order valence-corrected chi connectivity index (χ0v) is 13.7. The molecule has 0 N–H and O–H groups in total. The van der Waals surface area contributed by atoms with Crippen molar-refractivity contribution in [2.24, 2.45) is 0 Å². The molecule has 1 aromatic heterocycles. The highest BCUT2D eigenvalue weighted by Gasteiger charge is 2.12. The van der Waals surface area contributed by atoms with Crippen LogP contribution in [0.5, 0.6) is 0 Å². The Labute approximate surface area is 131 Å². The zero-order chi connectivity index (χ0) is 14.3. The van der Waals surface area contributed by atoms with Crippen LogP contribution in [0, 0.1) is 13.8 Å². The van der Waals surface area contributed by atoms with Gasteiger partial charge in [-0.1, -0.05) is 22.0 Å². The van der Waals surface area contributed by atoms with E-state index < -0.39 is 0 Å². The standard InChI is InChI=1S/C16H14BrClN2/c1-10-3-4-15-14(7-10)19-16(9-18)20(15)13-6-11(2)5-12(17)8-13/h3-8H,9H2,1-2H3. The average molecular weight is 350 g/mol. The van der Waals surface area contributed by atoms with Crippen molar-refractivity contribution in [3.63, 3.8) is 0 Å². The van der Waals surface area contributed by atoms with Gasteiger partial charge in [-0.3, -0.25) is 4.57 Å². The van der Waals surface area contributed by atoms with Crippen molar-refractivity contribution in [1.29, 1.82) is 0 Å². The number of halogens is 2. The van der Waals surface area contributed by atoms with Crippen LogP contribution in [-0.2, 0) is 5.88 Å². The number of alkyl halides is 1. The number of aryl methyl sites for hydroxylation is 2. The summed E-state index contributed by atoms with van der Waals surface area (Å²) in [6.45, 7) is 4.15.